The van der Waals surface area contributed by atoms with Crippen molar-refractivity contribution in [3.63, 3.8) is 0 Å². The highest BCUT2D eigenvalue weighted by Gasteiger charge is 2.25. The molecule has 2 N–H and O–H groups in total. The molecule has 0 bridgehead atoms. The highest BCUT2D eigenvalue weighted by molar-refractivity contribution is 5.33. The van der Waals surface area contributed by atoms with Gasteiger partial charge >= 0.3 is 0 Å². The highest BCUT2D eigenvalue weighted by Crippen LogP contribution is 2.25. The molecule has 5 heteroatoms. The number of nitriles is 1. The molecule has 0 aliphatic carbocycles. The maximum atomic E-state index is 9.48. The summed E-state index contributed by atoms with van der Waals surface area (Å²) in [6.07, 6.45) is 1.76. The Balaban J connectivity index is 2.80. The average molecular weight is 248 g/mol. The number of hydrogen-bond acceptors (Lipinski definition) is 5. The van der Waals surface area contributed by atoms with Crippen LogP contribution >= 0.6 is 0 Å². The average Bonchev–Trinajstić information content (AvgIpc) is 2.40. The van der Waals surface area contributed by atoms with Gasteiger partial charge in [-0.3, -0.25) is 0 Å². The molecule has 18 heavy (non-hydrogen) atoms. The third-order valence-corrected chi connectivity index (χ3v) is 3.43. The first kappa shape index (κ1) is 14.4. The molecule has 0 unspecified atom stereocenters. The third-order valence-electron chi connectivity index (χ3n) is 3.43. The zero-order valence-electron chi connectivity index (χ0n) is 11.2. The van der Waals surface area contributed by atoms with Gasteiger partial charge in [-0.05, 0) is 25.8 Å². The Morgan fingerprint density at radius 3 is 2.56 bits per heavy atom. The molecule has 0 aliphatic rings. The summed E-state index contributed by atoms with van der Waals surface area (Å²) in [7, 11) is 0. The molecule has 0 fully saturated rings. The third kappa shape index (κ3) is 3.41. The number of rotatable bonds is 6. The van der Waals surface area contributed by atoms with Gasteiger partial charge in [0.05, 0.1) is 6.61 Å². The summed E-state index contributed by atoms with van der Waals surface area (Å²) in [5.41, 5.74) is 0.958. The molecule has 0 aromatic carbocycles. The quantitative estimate of drug-likeness (QED) is 0.803. The van der Waals surface area contributed by atoms with Crippen molar-refractivity contribution in [2.75, 3.05) is 18.5 Å². The molecule has 0 saturated carbocycles. The van der Waals surface area contributed by atoms with E-state index in [0.717, 1.165) is 18.5 Å². The predicted octanol–water partition coefficient (Wildman–Crippen LogP) is 1.87. The molecule has 1 heterocycles. The fraction of sp³-hybridized carbons (Fsp3) is 0.615. The van der Waals surface area contributed by atoms with Gasteiger partial charge in [-0.1, -0.05) is 13.8 Å². The number of nitrogens with one attached hydrogen (secondary N) is 1. The van der Waals surface area contributed by atoms with Crippen LogP contribution in [0, 0.1) is 23.7 Å². The second kappa shape index (κ2) is 6.31. The van der Waals surface area contributed by atoms with Crippen LogP contribution in [-0.2, 0) is 0 Å². The van der Waals surface area contributed by atoms with Crippen LogP contribution in [0.25, 0.3) is 0 Å². The molecular weight excluding hydrogens is 228 g/mol. The number of aryl methyl sites for hydroxylation is 1. The number of hydrogen-bond donors (Lipinski definition) is 2. The largest absolute Gasteiger partial charge is 0.396 e. The second-order valence-electron chi connectivity index (χ2n) is 4.55. The summed E-state index contributed by atoms with van der Waals surface area (Å²) in [4.78, 5) is 8.33. The summed E-state index contributed by atoms with van der Waals surface area (Å²) < 4.78 is 0. The fourth-order valence-corrected chi connectivity index (χ4v) is 1.75. The number of anilines is 1. The Morgan fingerprint density at radius 2 is 2.06 bits per heavy atom. The summed E-state index contributed by atoms with van der Waals surface area (Å²) in [6.45, 7) is 6.67. The molecular formula is C13H20N4O. The summed E-state index contributed by atoms with van der Waals surface area (Å²) in [6, 6.07) is 3.65. The lowest BCUT2D eigenvalue weighted by atomic mass is 9.83. The van der Waals surface area contributed by atoms with Crippen LogP contribution in [0.3, 0.4) is 0 Å². The Bertz CT molecular complexity index is 427. The van der Waals surface area contributed by atoms with Crippen LogP contribution in [0.2, 0.25) is 0 Å². The minimum atomic E-state index is -0.153. The van der Waals surface area contributed by atoms with E-state index in [4.69, 9.17) is 5.26 Å². The van der Waals surface area contributed by atoms with Crippen molar-refractivity contribution in [3.8, 4) is 6.07 Å². The molecule has 0 amide bonds. The lowest BCUT2D eigenvalue weighted by Gasteiger charge is -2.29. The molecule has 98 valence electrons. The Morgan fingerprint density at radius 1 is 1.39 bits per heavy atom. The Labute approximate surface area is 108 Å². The summed E-state index contributed by atoms with van der Waals surface area (Å²) in [5, 5.41) is 21.4. The topological polar surface area (TPSA) is 81.8 Å². The van der Waals surface area contributed by atoms with E-state index < -0.39 is 0 Å². The maximum absolute atomic E-state index is 9.48. The standard InChI is InChI=1S/C13H20N4O/c1-4-13(5-2,9-18)8-15-12-16-10(3)6-11(7-14)17-12/h6,18H,4-5,8-9H2,1-3H3,(H,15,16,17). The van der Waals surface area contributed by atoms with E-state index in [2.05, 4.69) is 29.1 Å². The van der Waals surface area contributed by atoms with Gasteiger partial charge in [0.1, 0.15) is 11.8 Å². The van der Waals surface area contributed by atoms with Gasteiger partial charge in [0.15, 0.2) is 0 Å². The molecule has 0 radical (unpaired) electrons. The van der Waals surface area contributed by atoms with Crippen molar-refractivity contribution in [3.05, 3.63) is 17.5 Å². The van der Waals surface area contributed by atoms with Crippen LogP contribution in [0.15, 0.2) is 6.07 Å². The van der Waals surface area contributed by atoms with Gasteiger partial charge in [0.2, 0.25) is 5.95 Å². The molecule has 1 aromatic rings. The Hall–Kier alpha value is -1.67. The normalized spacial score (nSPS) is 11.1. The number of aliphatic hydroxyl groups excluding tert-OH is 1. The maximum Gasteiger partial charge on any atom is 0.224 e. The van der Waals surface area contributed by atoms with Gasteiger partial charge in [-0.2, -0.15) is 5.26 Å². The first-order valence-corrected chi connectivity index (χ1v) is 6.19. The molecule has 5 nitrogen and oxygen atoms in total. The minimum Gasteiger partial charge on any atom is -0.396 e. The van der Waals surface area contributed by atoms with E-state index in [-0.39, 0.29) is 12.0 Å². The van der Waals surface area contributed by atoms with Crippen LogP contribution in [-0.4, -0.2) is 28.2 Å². The van der Waals surface area contributed by atoms with Gasteiger partial charge in [-0.25, -0.2) is 9.97 Å². The van der Waals surface area contributed by atoms with Crippen molar-refractivity contribution in [1.29, 1.82) is 5.26 Å². The van der Waals surface area contributed by atoms with Crippen LogP contribution in [0.4, 0.5) is 5.95 Å². The first-order valence-electron chi connectivity index (χ1n) is 6.19. The van der Waals surface area contributed by atoms with Gasteiger partial charge in [0.25, 0.3) is 0 Å². The molecule has 0 spiro atoms. The smallest absolute Gasteiger partial charge is 0.224 e. The summed E-state index contributed by atoms with van der Waals surface area (Å²) >= 11 is 0. The van der Waals surface area contributed by atoms with Crippen molar-refractivity contribution < 1.29 is 5.11 Å². The monoisotopic (exact) mass is 248 g/mol. The van der Waals surface area contributed by atoms with E-state index in [1.807, 2.05) is 13.0 Å². The van der Waals surface area contributed by atoms with E-state index in [9.17, 15) is 5.11 Å². The first-order chi connectivity index (χ1) is 8.59. The minimum absolute atomic E-state index is 0.129. The van der Waals surface area contributed by atoms with Crippen LogP contribution in [0.5, 0.6) is 0 Å². The highest BCUT2D eigenvalue weighted by atomic mass is 16.3. The fourth-order valence-electron chi connectivity index (χ4n) is 1.75. The Kier molecular flexibility index (Phi) is 5.05. The molecule has 1 aromatic heterocycles. The van der Waals surface area contributed by atoms with Crippen molar-refractivity contribution in [1.82, 2.24) is 9.97 Å². The molecule has 0 aliphatic heterocycles. The second-order valence-corrected chi connectivity index (χ2v) is 4.55. The lowest BCUT2D eigenvalue weighted by Crippen LogP contribution is -2.32. The number of aromatic nitrogens is 2. The number of aliphatic hydroxyl groups is 1. The number of nitrogens with zero attached hydrogens (tertiary/aromatic N) is 3. The van der Waals surface area contributed by atoms with Crippen molar-refractivity contribution in [2.24, 2.45) is 5.41 Å². The zero-order valence-corrected chi connectivity index (χ0v) is 11.2. The van der Waals surface area contributed by atoms with E-state index in [0.29, 0.717) is 18.2 Å². The van der Waals surface area contributed by atoms with Gasteiger partial charge in [0, 0.05) is 17.7 Å². The van der Waals surface area contributed by atoms with Gasteiger partial charge in [-0.15, -0.1) is 0 Å². The zero-order chi connectivity index (χ0) is 13.6. The molecule has 0 saturated heterocycles. The van der Waals surface area contributed by atoms with E-state index >= 15 is 0 Å². The molecule has 1 rings (SSSR count). The summed E-state index contributed by atoms with van der Waals surface area (Å²) in [5.74, 6) is 0.450. The van der Waals surface area contributed by atoms with Crippen molar-refractivity contribution in [2.45, 2.75) is 33.6 Å². The SMILES string of the molecule is CCC(CC)(CO)CNc1nc(C)cc(C#N)n1. The van der Waals surface area contributed by atoms with Crippen LogP contribution < -0.4 is 5.32 Å². The van der Waals surface area contributed by atoms with Crippen molar-refractivity contribution >= 4 is 5.95 Å². The van der Waals surface area contributed by atoms with E-state index in [1.165, 1.54) is 0 Å². The lowest BCUT2D eigenvalue weighted by molar-refractivity contribution is 0.127. The predicted molar refractivity (Wildman–Crippen MR) is 70.1 cm³/mol. The van der Waals surface area contributed by atoms with Crippen LogP contribution in [0.1, 0.15) is 38.1 Å². The van der Waals surface area contributed by atoms with E-state index in [1.54, 1.807) is 6.07 Å². The molecule has 0 atom stereocenters. The van der Waals surface area contributed by atoms with Gasteiger partial charge < -0.3 is 10.4 Å².